The van der Waals surface area contributed by atoms with E-state index in [2.05, 4.69) is 22.0 Å². The number of nitrogens with two attached hydrogens (primary N) is 1. The van der Waals surface area contributed by atoms with Gasteiger partial charge in [0, 0.05) is 37.6 Å². The molecule has 0 aliphatic carbocycles. The summed E-state index contributed by atoms with van der Waals surface area (Å²) in [5.41, 5.74) is 7.72. The summed E-state index contributed by atoms with van der Waals surface area (Å²) in [6.45, 7) is 5.71. The minimum absolute atomic E-state index is 0.255. The molecule has 0 bridgehead atoms. The number of nitrogens with zero attached hydrogens (tertiary/aromatic N) is 3. The number of hydrogen-bond donors (Lipinski definition) is 2. The Morgan fingerprint density at radius 2 is 2.38 bits per heavy atom. The number of aryl methyl sites for hydroxylation is 1. The zero-order valence-corrected chi connectivity index (χ0v) is 9.72. The molecule has 0 aliphatic heterocycles. The molecule has 1 heterocycles. The molecular formula is C11H18N4O. The molecule has 16 heavy (non-hydrogen) atoms. The normalized spacial score (nSPS) is 11.5. The molecule has 88 valence electrons. The molecule has 0 atom stereocenters. The van der Waals surface area contributed by atoms with E-state index in [9.17, 15) is 0 Å². The highest BCUT2D eigenvalue weighted by Crippen LogP contribution is 2.17. The van der Waals surface area contributed by atoms with Crippen LogP contribution < -0.4 is 10.6 Å². The van der Waals surface area contributed by atoms with Crippen LogP contribution in [0.3, 0.4) is 0 Å². The number of hydrogen-bond acceptors (Lipinski definition) is 4. The van der Waals surface area contributed by atoms with Crippen molar-refractivity contribution in [2.75, 3.05) is 18.0 Å². The number of aromatic nitrogens is 1. The van der Waals surface area contributed by atoms with Crippen LogP contribution in [0.2, 0.25) is 0 Å². The first-order valence-electron chi connectivity index (χ1n) is 5.31. The van der Waals surface area contributed by atoms with Crippen LogP contribution in [0.15, 0.2) is 23.6 Å². The quantitative estimate of drug-likeness (QED) is 0.341. The second-order valence-corrected chi connectivity index (χ2v) is 3.58. The second kappa shape index (κ2) is 5.95. The van der Waals surface area contributed by atoms with Crippen molar-refractivity contribution in [3.05, 3.63) is 24.0 Å². The zero-order valence-electron chi connectivity index (χ0n) is 9.72. The molecule has 5 heteroatoms. The molecule has 5 nitrogen and oxygen atoms in total. The summed E-state index contributed by atoms with van der Waals surface area (Å²) >= 11 is 0. The van der Waals surface area contributed by atoms with Crippen LogP contribution >= 0.6 is 0 Å². The van der Waals surface area contributed by atoms with E-state index >= 15 is 0 Å². The lowest BCUT2D eigenvalue weighted by Crippen LogP contribution is -2.28. The van der Waals surface area contributed by atoms with E-state index in [-0.39, 0.29) is 5.84 Å². The van der Waals surface area contributed by atoms with Crippen molar-refractivity contribution >= 4 is 11.5 Å². The number of oxime groups is 1. The van der Waals surface area contributed by atoms with E-state index in [0.717, 1.165) is 24.3 Å². The summed E-state index contributed by atoms with van der Waals surface area (Å²) in [5, 5.41) is 11.4. The van der Waals surface area contributed by atoms with Gasteiger partial charge < -0.3 is 15.8 Å². The highest BCUT2D eigenvalue weighted by atomic mass is 16.4. The topological polar surface area (TPSA) is 74.7 Å². The molecule has 0 fully saturated rings. The van der Waals surface area contributed by atoms with Crippen molar-refractivity contribution in [2.45, 2.75) is 20.3 Å². The molecule has 0 saturated heterocycles. The predicted octanol–water partition coefficient (Wildman–Crippen LogP) is 1.35. The lowest BCUT2D eigenvalue weighted by atomic mass is 10.2. The Balaban J connectivity index is 2.71. The van der Waals surface area contributed by atoms with Gasteiger partial charge in [-0.1, -0.05) is 5.16 Å². The summed E-state index contributed by atoms with van der Waals surface area (Å²) < 4.78 is 0. The average molecular weight is 222 g/mol. The molecular weight excluding hydrogens is 204 g/mol. The Morgan fingerprint density at radius 3 is 2.94 bits per heavy atom. The lowest BCUT2D eigenvalue weighted by Gasteiger charge is -2.24. The number of rotatable bonds is 5. The monoisotopic (exact) mass is 222 g/mol. The fraction of sp³-hybridized carbons (Fsp3) is 0.455. The highest BCUT2D eigenvalue weighted by Gasteiger charge is 2.07. The van der Waals surface area contributed by atoms with Gasteiger partial charge in [-0.3, -0.25) is 4.98 Å². The van der Waals surface area contributed by atoms with Gasteiger partial charge in [0.2, 0.25) is 0 Å². The summed E-state index contributed by atoms with van der Waals surface area (Å²) in [4.78, 5) is 6.23. The Kier molecular flexibility index (Phi) is 4.57. The maximum absolute atomic E-state index is 8.48. The van der Waals surface area contributed by atoms with Gasteiger partial charge in [0.05, 0.1) is 0 Å². The lowest BCUT2D eigenvalue weighted by molar-refractivity contribution is 0.317. The van der Waals surface area contributed by atoms with Crippen molar-refractivity contribution in [3.63, 3.8) is 0 Å². The smallest absolute Gasteiger partial charge is 0.140 e. The average Bonchev–Trinajstić information content (AvgIpc) is 2.31. The number of pyridine rings is 1. The van der Waals surface area contributed by atoms with Gasteiger partial charge in [0.1, 0.15) is 5.84 Å². The maximum Gasteiger partial charge on any atom is 0.140 e. The Bertz CT molecular complexity index is 365. The molecule has 3 N–H and O–H groups in total. The first-order chi connectivity index (χ1) is 7.69. The third-order valence-corrected chi connectivity index (χ3v) is 2.48. The van der Waals surface area contributed by atoms with Gasteiger partial charge in [-0.15, -0.1) is 0 Å². The van der Waals surface area contributed by atoms with Gasteiger partial charge in [-0.2, -0.15) is 0 Å². The molecule has 0 radical (unpaired) electrons. The molecule has 0 aliphatic rings. The van der Waals surface area contributed by atoms with Crippen molar-refractivity contribution in [1.29, 1.82) is 0 Å². The first kappa shape index (κ1) is 12.3. The van der Waals surface area contributed by atoms with E-state index < -0.39 is 0 Å². The van der Waals surface area contributed by atoms with E-state index in [0.29, 0.717) is 6.42 Å². The number of anilines is 1. The summed E-state index contributed by atoms with van der Waals surface area (Å²) in [7, 11) is 0. The van der Waals surface area contributed by atoms with Crippen LogP contribution in [0.4, 0.5) is 5.69 Å². The van der Waals surface area contributed by atoms with Crippen molar-refractivity contribution in [3.8, 4) is 0 Å². The van der Waals surface area contributed by atoms with E-state index in [1.807, 2.05) is 19.2 Å². The molecule has 1 rings (SSSR count). The fourth-order valence-electron chi connectivity index (χ4n) is 1.57. The Morgan fingerprint density at radius 1 is 1.62 bits per heavy atom. The highest BCUT2D eigenvalue weighted by molar-refractivity contribution is 5.80. The van der Waals surface area contributed by atoms with Gasteiger partial charge in [0.25, 0.3) is 0 Å². The van der Waals surface area contributed by atoms with Gasteiger partial charge >= 0.3 is 0 Å². The van der Waals surface area contributed by atoms with E-state index in [1.54, 1.807) is 6.20 Å². The SMILES string of the molecule is CCN(CCC(N)=NO)c1ccncc1C. The minimum atomic E-state index is 0.255. The number of amidine groups is 1. The molecule has 0 aromatic carbocycles. The fourth-order valence-corrected chi connectivity index (χ4v) is 1.57. The van der Waals surface area contributed by atoms with Gasteiger partial charge in [-0.05, 0) is 25.5 Å². The van der Waals surface area contributed by atoms with Gasteiger partial charge in [-0.25, -0.2) is 0 Å². The summed E-state index contributed by atoms with van der Waals surface area (Å²) in [5.74, 6) is 0.255. The van der Waals surface area contributed by atoms with E-state index in [4.69, 9.17) is 10.9 Å². The summed E-state index contributed by atoms with van der Waals surface area (Å²) in [6.07, 6.45) is 4.15. The van der Waals surface area contributed by atoms with E-state index in [1.165, 1.54) is 0 Å². The molecule has 1 aromatic rings. The molecule has 1 aromatic heterocycles. The van der Waals surface area contributed by atoms with Crippen molar-refractivity contribution in [2.24, 2.45) is 10.9 Å². The minimum Gasteiger partial charge on any atom is -0.409 e. The van der Waals surface area contributed by atoms with Crippen LogP contribution in [0, 0.1) is 6.92 Å². The summed E-state index contributed by atoms with van der Waals surface area (Å²) in [6, 6.07) is 1.98. The molecule has 0 unspecified atom stereocenters. The third-order valence-electron chi connectivity index (χ3n) is 2.48. The van der Waals surface area contributed by atoms with Crippen LogP contribution in [0.1, 0.15) is 18.9 Å². The van der Waals surface area contributed by atoms with Crippen molar-refractivity contribution < 1.29 is 5.21 Å². The molecule has 0 spiro atoms. The Labute approximate surface area is 95.6 Å². The third kappa shape index (κ3) is 3.12. The predicted molar refractivity (Wildman–Crippen MR) is 64.9 cm³/mol. The van der Waals surface area contributed by atoms with Crippen LogP contribution in [-0.2, 0) is 0 Å². The molecule has 0 saturated carbocycles. The van der Waals surface area contributed by atoms with Crippen molar-refractivity contribution in [1.82, 2.24) is 4.98 Å². The zero-order chi connectivity index (χ0) is 12.0. The van der Waals surface area contributed by atoms with Gasteiger partial charge in [0.15, 0.2) is 0 Å². The second-order valence-electron chi connectivity index (χ2n) is 3.58. The maximum atomic E-state index is 8.48. The largest absolute Gasteiger partial charge is 0.409 e. The molecule has 0 amide bonds. The standard InChI is InChI=1S/C11H18N4O/c1-3-15(7-5-11(12)14-16)10-4-6-13-8-9(10)2/h4,6,8,16H,3,5,7H2,1-2H3,(H2,12,14). The Hall–Kier alpha value is -1.78. The van der Waals surface area contributed by atoms with Crippen LogP contribution in [0.5, 0.6) is 0 Å². The van der Waals surface area contributed by atoms with Crippen LogP contribution in [0.25, 0.3) is 0 Å². The first-order valence-corrected chi connectivity index (χ1v) is 5.31. The van der Waals surface area contributed by atoms with Crippen LogP contribution in [-0.4, -0.2) is 29.1 Å².